The van der Waals surface area contributed by atoms with Crippen LogP contribution >= 0.6 is 54.5 Å². The van der Waals surface area contributed by atoms with Gasteiger partial charge in [-0.3, -0.25) is 0 Å². The van der Waals surface area contributed by atoms with Crippen LogP contribution in [-0.2, 0) is 12.8 Å². The van der Waals surface area contributed by atoms with Crippen molar-refractivity contribution in [1.82, 2.24) is 10.2 Å². The first-order valence-electron chi connectivity index (χ1n) is 17.7. The highest BCUT2D eigenvalue weighted by Crippen LogP contribution is 2.26. The Morgan fingerprint density at radius 1 is 0.366 bits per heavy atom. The second kappa shape index (κ2) is 33.8. The fourth-order valence-electron chi connectivity index (χ4n) is 4.90. The Kier molecular flexibility index (Phi) is 33.0. The van der Waals surface area contributed by atoms with Gasteiger partial charge in [-0.05, 0) is 38.5 Å². The number of nitrogens with zero attached hydrogens (tertiary/aromatic N) is 2. The molecule has 0 N–H and O–H groups in total. The molecule has 41 heavy (non-hydrogen) atoms. The Balaban J connectivity index is 1.78. The van der Waals surface area contributed by atoms with Crippen molar-refractivity contribution >= 4 is 54.5 Å². The number of aromatic nitrogens is 2. The van der Waals surface area contributed by atoms with Crippen LogP contribution in [0.2, 0.25) is 0 Å². The molecule has 1 aromatic rings. The van der Waals surface area contributed by atoms with Gasteiger partial charge in [-0.1, -0.05) is 173 Å². The molecule has 0 aliphatic heterocycles. The van der Waals surface area contributed by atoms with Gasteiger partial charge in [0.15, 0.2) is 0 Å². The first kappa shape index (κ1) is 40.0. The number of hydrogen-bond donors (Lipinski definition) is 0. The number of unbranched alkanes of at least 4 members (excludes halogenated alkanes) is 20. The van der Waals surface area contributed by atoms with Crippen molar-refractivity contribution in [2.75, 3.05) is 23.0 Å². The van der Waals surface area contributed by atoms with Gasteiger partial charge >= 0.3 is 0 Å². The summed E-state index contributed by atoms with van der Waals surface area (Å²) >= 11 is 1.88. The van der Waals surface area contributed by atoms with E-state index in [4.69, 9.17) is 0 Å². The lowest BCUT2D eigenvalue weighted by Crippen LogP contribution is -1.87. The summed E-state index contributed by atoms with van der Waals surface area (Å²) in [5.74, 6) is 5.38. The minimum atomic E-state index is 1.14. The van der Waals surface area contributed by atoms with E-state index < -0.39 is 0 Å². The molecular formula is C34H66N2S5. The van der Waals surface area contributed by atoms with Crippen molar-refractivity contribution in [2.45, 2.75) is 181 Å². The van der Waals surface area contributed by atoms with Crippen molar-refractivity contribution < 1.29 is 0 Å². The number of hydrogen-bond acceptors (Lipinski definition) is 7. The first-order chi connectivity index (χ1) is 20.4. The van der Waals surface area contributed by atoms with Gasteiger partial charge in [-0.15, -0.1) is 21.5 Å². The average Bonchev–Trinajstić information content (AvgIpc) is 3.44. The zero-order valence-electron chi connectivity index (χ0n) is 27.1. The van der Waals surface area contributed by atoms with Crippen LogP contribution in [0.4, 0.5) is 0 Å². The molecule has 0 spiro atoms. The van der Waals surface area contributed by atoms with Crippen molar-refractivity contribution in [3.05, 3.63) is 10.0 Å². The van der Waals surface area contributed by atoms with E-state index in [-0.39, 0.29) is 0 Å². The molecule has 0 atom stereocenters. The third-order valence-corrected chi connectivity index (χ3v) is 13.8. The maximum absolute atomic E-state index is 4.47. The number of rotatable bonds is 34. The molecule has 0 aliphatic rings. The molecule has 0 unspecified atom stereocenters. The Hall–Kier alpha value is 0.960. The fraction of sp³-hybridized carbons (Fsp3) is 0.941. The highest BCUT2D eigenvalue weighted by Gasteiger charge is 2.04. The molecule has 0 aromatic carbocycles. The SMILES string of the molecule is CCCCCCCCSSCCCCCCCCc1nnc(CCCCCCCCSSCCCCCCCC)s1. The standard InChI is InChI=1S/C34H66N2S5/c1-3-5-7-9-17-23-29-37-39-31-25-19-13-11-15-21-27-33-35-36-34(41-33)28-22-16-12-14-20-26-32-40-38-30-24-18-10-8-6-4-2/h3-32H2,1-2H3. The predicted molar refractivity (Wildman–Crippen MR) is 199 cm³/mol. The molecule has 242 valence electrons. The highest BCUT2D eigenvalue weighted by atomic mass is 33.1. The van der Waals surface area contributed by atoms with Gasteiger partial charge in [0, 0.05) is 35.9 Å². The lowest BCUT2D eigenvalue weighted by atomic mass is 10.1. The summed E-state index contributed by atoms with van der Waals surface area (Å²) in [6, 6.07) is 0. The van der Waals surface area contributed by atoms with E-state index in [1.165, 1.54) is 187 Å². The van der Waals surface area contributed by atoms with Crippen molar-refractivity contribution in [3.63, 3.8) is 0 Å². The Morgan fingerprint density at radius 3 is 0.951 bits per heavy atom. The van der Waals surface area contributed by atoms with Gasteiger partial charge in [0.25, 0.3) is 0 Å². The van der Waals surface area contributed by atoms with Gasteiger partial charge in [-0.2, -0.15) is 0 Å². The lowest BCUT2D eigenvalue weighted by molar-refractivity contribution is 0.605. The van der Waals surface area contributed by atoms with E-state index in [0.717, 1.165) is 12.8 Å². The molecule has 2 nitrogen and oxygen atoms in total. The molecule has 1 aromatic heterocycles. The Labute approximate surface area is 276 Å². The fourth-order valence-corrected chi connectivity index (χ4v) is 10.4. The molecule has 0 saturated carbocycles. The minimum absolute atomic E-state index is 1.14. The van der Waals surface area contributed by atoms with Gasteiger partial charge in [0.05, 0.1) is 0 Å². The summed E-state index contributed by atoms with van der Waals surface area (Å²) in [6.07, 6.45) is 35.7. The van der Waals surface area contributed by atoms with Crippen molar-refractivity contribution in [3.8, 4) is 0 Å². The largest absolute Gasteiger partial charge is 0.144 e. The second-order valence-electron chi connectivity index (χ2n) is 11.7. The molecule has 0 amide bonds. The summed E-state index contributed by atoms with van der Waals surface area (Å²) in [6.45, 7) is 4.59. The van der Waals surface area contributed by atoms with Crippen LogP contribution in [0, 0.1) is 0 Å². The average molecular weight is 663 g/mol. The molecular weight excluding hydrogens is 597 g/mol. The Morgan fingerprint density at radius 2 is 0.634 bits per heavy atom. The van der Waals surface area contributed by atoms with Crippen LogP contribution in [0.25, 0.3) is 0 Å². The predicted octanol–water partition coefficient (Wildman–Crippen LogP) is 13.8. The van der Waals surface area contributed by atoms with Gasteiger partial charge in [0.2, 0.25) is 0 Å². The lowest BCUT2D eigenvalue weighted by Gasteiger charge is -2.03. The second-order valence-corrected chi connectivity index (χ2v) is 18.2. The smallest absolute Gasteiger partial charge is 0.117 e. The minimum Gasteiger partial charge on any atom is -0.144 e. The molecule has 0 saturated heterocycles. The summed E-state index contributed by atoms with van der Waals surface area (Å²) in [5, 5.41) is 11.5. The van der Waals surface area contributed by atoms with Crippen LogP contribution in [0.3, 0.4) is 0 Å². The summed E-state index contributed by atoms with van der Waals surface area (Å²) in [4.78, 5) is 0. The highest BCUT2D eigenvalue weighted by molar-refractivity contribution is 8.77. The normalized spacial score (nSPS) is 11.6. The topological polar surface area (TPSA) is 25.8 Å². The molecule has 0 aliphatic carbocycles. The van der Waals surface area contributed by atoms with E-state index in [0.29, 0.717) is 0 Å². The maximum atomic E-state index is 4.47. The molecule has 1 heterocycles. The van der Waals surface area contributed by atoms with Crippen LogP contribution in [-0.4, -0.2) is 33.2 Å². The third-order valence-electron chi connectivity index (χ3n) is 7.57. The third kappa shape index (κ3) is 29.4. The van der Waals surface area contributed by atoms with E-state index >= 15 is 0 Å². The number of aryl methyl sites for hydroxylation is 2. The van der Waals surface area contributed by atoms with Crippen LogP contribution in [0.5, 0.6) is 0 Å². The van der Waals surface area contributed by atoms with Crippen molar-refractivity contribution in [1.29, 1.82) is 0 Å². The van der Waals surface area contributed by atoms with Gasteiger partial charge in [0.1, 0.15) is 10.0 Å². The zero-order valence-corrected chi connectivity index (χ0v) is 31.2. The molecule has 1 rings (SSSR count). The van der Waals surface area contributed by atoms with Crippen LogP contribution in [0.1, 0.15) is 178 Å². The molecule has 0 bridgehead atoms. The van der Waals surface area contributed by atoms with E-state index in [1.807, 2.05) is 11.3 Å². The first-order valence-corrected chi connectivity index (χ1v) is 23.5. The van der Waals surface area contributed by atoms with Crippen LogP contribution < -0.4 is 0 Å². The van der Waals surface area contributed by atoms with E-state index in [9.17, 15) is 0 Å². The van der Waals surface area contributed by atoms with Crippen LogP contribution in [0.15, 0.2) is 0 Å². The van der Waals surface area contributed by atoms with E-state index in [1.54, 1.807) is 0 Å². The summed E-state index contributed by atoms with van der Waals surface area (Å²) < 4.78 is 0. The van der Waals surface area contributed by atoms with Crippen molar-refractivity contribution in [2.24, 2.45) is 0 Å². The molecule has 7 heteroatoms. The Bertz CT molecular complexity index is 578. The molecule has 0 radical (unpaired) electrons. The quantitative estimate of drug-likeness (QED) is 0.0538. The zero-order chi connectivity index (χ0) is 29.3. The summed E-state index contributed by atoms with van der Waals surface area (Å²) in [7, 11) is 8.43. The van der Waals surface area contributed by atoms with Gasteiger partial charge in [-0.25, -0.2) is 0 Å². The maximum Gasteiger partial charge on any atom is 0.117 e. The van der Waals surface area contributed by atoms with Gasteiger partial charge < -0.3 is 0 Å². The molecule has 0 fully saturated rings. The van der Waals surface area contributed by atoms with E-state index in [2.05, 4.69) is 67.2 Å². The summed E-state index contributed by atoms with van der Waals surface area (Å²) in [5.41, 5.74) is 0. The monoisotopic (exact) mass is 662 g/mol.